The predicted molar refractivity (Wildman–Crippen MR) is 105 cm³/mol. The highest BCUT2D eigenvalue weighted by molar-refractivity contribution is 5.81. The molecule has 0 saturated carbocycles. The minimum atomic E-state index is -0.767. The van der Waals surface area contributed by atoms with Crippen molar-refractivity contribution in [3.8, 4) is 5.75 Å². The van der Waals surface area contributed by atoms with E-state index in [4.69, 9.17) is 4.74 Å². The molecule has 2 aromatic carbocycles. The molecule has 1 aliphatic heterocycles. The topological polar surface area (TPSA) is 77.1 Å². The van der Waals surface area contributed by atoms with Gasteiger partial charge in [0, 0.05) is 11.6 Å². The number of nitro groups is 1. The lowest BCUT2D eigenvalue weighted by atomic mass is 10.2. The number of rotatable bonds is 6. The second-order valence-electron chi connectivity index (χ2n) is 7.23. The van der Waals surface area contributed by atoms with Crippen LogP contribution in [0.5, 0.6) is 5.75 Å². The summed E-state index contributed by atoms with van der Waals surface area (Å²) < 4.78 is 5.66. The zero-order valence-corrected chi connectivity index (χ0v) is 16.3. The van der Waals surface area contributed by atoms with Gasteiger partial charge in [-0.1, -0.05) is 36.4 Å². The summed E-state index contributed by atoms with van der Waals surface area (Å²) in [5, 5.41) is 11.2. The Kier molecular flexibility index (Phi) is 6.26. The normalized spacial score (nSPS) is 15.9. The van der Waals surface area contributed by atoms with Crippen molar-refractivity contribution in [1.82, 2.24) is 4.90 Å². The summed E-state index contributed by atoms with van der Waals surface area (Å²) in [6, 6.07) is 15.1. The van der Waals surface area contributed by atoms with Crippen molar-refractivity contribution in [3.05, 3.63) is 69.8 Å². The number of ether oxygens (including phenoxy) is 1. The standard InChI is InChI=1S/C21H25N3O4/c1-16-8-9-20(19(14-16)24(26)27)28-17(2)21(25)23-12-10-22(11-13-23)15-18-6-4-3-5-7-18/h3-9,14,17H,10-13,15H2,1-2H3/p+1/t17-/m1/s1. The number of carbonyl (C=O) groups excluding carboxylic acids is 1. The predicted octanol–water partition coefficient (Wildman–Crippen LogP) is 1.60. The molecule has 1 N–H and O–H groups in total. The number of nitrogens with zero attached hydrogens (tertiary/aromatic N) is 2. The number of quaternary nitrogens is 1. The molecule has 7 nitrogen and oxygen atoms in total. The van der Waals surface area contributed by atoms with E-state index in [0.717, 1.165) is 25.2 Å². The molecule has 0 bridgehead atoms. The number of hydrogen-bond acceptors (Lipinski definition) is 4. The Labute approximate surface area is 164 Å². The fraction of sp³-hybridized carbons (Fsp3) is 0.381. The summed E-state index contributed by atoms with van der Waals surface area (Å²) in [4.78, 5) is 26.7. The lowest BCUT2D eigenvalue weighted by Crippen LogP contribution is -3.13. The number of nitrogens with one attached hydrogen (secondary N) is 1. The van der Waals surface area contributed by atoms with Crippen molar-refractivity contribution >= 4 is 11.6 Å². The van der Waals surface area contributed by atoms with Crippen molar-refractivity contribution in [2.24, 2.45) is 0 Å². The van der Waals surface area contributed by atoms with Gasteiger partial charge in [0.05, 0.1) is 31.1 Å². The van der Waals surface area contributed by atoms with Gasteiger partial charge in [-0.25, -0.2) is 0 Å². The van der Waals surface area contributed by atoms with Crippen molar-refractivity contribution in [2.75, 3.05) is 26.2 Å². The van der Waals surface area contributed by atoms with Crippen LogP contribution >= 0.6 is 0 Å². The van der Waals surface area contributed by atoms with E-state index in [0.29, 0.717) is 13.1 Å². The first-order chi connectivity index (χ1) is 13.4. The Balaban J connectivity index is 1.56. The summed E-state index contributed by atoms with van der Waals surface area (Å²) in [5.74, 6) is -0.00146. The number of amides is 1. The number of piperazine rings is 1. The van der Waals surface area contributed by atoms with Crippen LogP contribution in [0.15, 0.2) is 48.5 Å². The highest BCUT2D eigenvalue weighted by Crippen LogP contribution is 2.28. The highest BCUT2D eigenvalue weighted by Gasteiger charge is 2.29. The Morgan fingerprint density at radius 2 is 1.89 bits per heavy atom. The van der Waals surface area contributed by atoms with Gasteiger partial charge >= 0.3 is 5.69 Å². The first kappa shape index (κ1) is 19.8. The molecule has 1 heterocycles. The van der Waals surface area contributed by atoms with E-state index in [1.807, 2.05) is 18.2 Å². The first-order valence-electron chi connectivity index (χ1n) is 9.52. The Hall–Kier alpha value is -2.93. The second-order valence-corrected chi connectivity index (χ2v) is 7.23. The number of carbonyl (C=O) groups is 1. The number of hydrogen-bond donors (Lipinski definition) is 1. The van der Waals surface area contributed by atoms with Crippen LogP contribution in [0.2, 0.25) is 0 Å². The quantitative estimate of drug-likeness (QED) is 0.606. The molecule has 148 valence electrons. The summed E-state index contributed by atoms with van der Waals surface area (Å²) >= 11 is 0. The fourth-order valence-electron chi connectivity index (χ4n) is 3.47. The van der Waals surface area contributed by atoms with Gasteiger partial charge in [0.25, 0.3) is 5.91 Å². The SMILES string of the molecule is Cc1ccc(O[C@H](C)C(=O)N2CC[NH+](Cc3ccccc3)CC2)c([N+](=O)[O-])c1. The van der Waals surface area contributed by atoms with Gasteiger partial charge in [0.15, 0.2) is 11.9 Å². The molecule has 1 atom stereocenters. The molecule has 0 unspecified atom stereocenters. The number of benzene rings is 2. The summed E-state index contributed by atoms with van der Waals surface area (Å²) in [5.41, 5.74) is 1.95. The van der Waals surface area contributed by atoms with Crippen molar-refractivity contribution in [1.29, 1.82) is 0 Å². The number of nitro benzene ring substituents is 1. The zero-order valence-electron chi connectivity index (χ0n) is 16.3. The largest absolute Gasteiger partial charge is 0.474 e. The molecular weight excluding hydrogens is 358 g/mol. The van der Waals surface area contributed by atoms with Gasteiger partial charge < -0.3 is 14.5 Å². The maximum Gasteiger partial charge on any atom is 0.311 e. The Morgan fingerprint density at radius 1 is 1.21 bits per heavy atom. The smallest absolute Gasteiger partial charge is 0.311 e. The van der Waals surface area contributed by atoms with Crippen LogP contribution in [0.3, 0.4) is 0 Å². The van der Waals surface area contributed by atoms with Crippen LogP contribution in [0.1, 0.15) is 18.1 Å². The van der Waals surface area contributed by atoms with Crippen molar-refractivity contribution in [3.63, 3.8) is 0 Å². The molecule has 0 aliphatic carbocycles. The molecule has 3 rings (SSSR count). The lowest BCUT2D eigenvalue weighted by Gasteiger charge is -2.33. The molecular formula is C21H26N3O4+. The van der Waals surface area contributed by atoms with E-state index in [2.05, 4.69) is 12.1 Å². The fourth-order valence-corrected chi connectivity index (χ4v) is 3.47. The van der Waals surface area contributed by atoms with Gasteiger partial charge in [-0.2, -0.15) is 0 Å². The van der Waals surface area contributed by atoms with Crippen LogP contribution in [-0.2, 0) is 11.3 Å². The van der Waals surface area contributed by atoms with Crippen LogP contribution in [0, 0.1) is 17.0 Å². The first-order valence-corrected chi connectivity index (χ1v) is 9.52. The zero-order chi connectivity index (χ0) is 20.1. The van der Waals surface area contributed by atoms with E-state index in [1.165, 1.54) is 16.5 Å². The maximum atomic E-state index is 12.7. The third-order valence-electron chi connectivity index (χ3n) is 5.04. The number of aryl methyl sites for hydroxylation is 1. The van der Waals surface area contributed by atoms with Crippen molar-refractivity contribution in [2.45, 2.75) is 26.5 Å². The van der Waals surface area contributed by atoms with Crippen LogP contribution in [0.25, 0.3) is 0 Å². The molecule has 2 aromatic rings. The van der Waals surface area contributed by atoms with E-state index >= 15 is 0 Å². The average molecular weight is 384 g/mol. The van der Waals surface area contributed by atoms with Gasteiger partial charge in [-0.15, -0.1) is 0 Å². The Morgan fingerprint density at radius 3 is 2.54 bits per heavy atom. The van der Waals surface area contributed by atoms with Crippen LogP contribution in [0.4, 0.5) is 5.69 Å². The maximum absolute atomic E-state index is 12.7. The van der Waals surface area contributed by atoms with E-state index in [-0.39, 0.29) is 17.3 Å². The Bertz CT molecular complexity index is 833. The molecule has 7 heteroatoms. The van der Waals surface area contributed by atoms with Crippen LogP contribution < -0.4 is 9.64 Å². The molecule has 1 amide bonds. The summed E-state index contributed by atoms with van der Waals surface area (Å²) in [6.07, 6.45) is -0.767. The molecule has 0 aromatic heterocycles. The van der Waals surface area contributed by atoms with E-state index in [1.54, 1.807) is 30.9 Å². The molecule has 0 spiro atoms. The highest BCUT2D eigenvalue weighted by atomic mass is 16.6. The molecule has 1 aliphatic rings. The third-order valence-corrected chi connectivity index (χ3v) is 5.04. The monoisotopic (exact) mass is 384 g/mol. The third kappa shape index (κ3) is 4.86. The summed E-state index contributed by atoms with van der Waals surface area (Å²) in [6.45, 7) is 7.44. The molecule has 1 saturated heterocycles. The lowest BCUT2D eigenvalue weighted by molar-refractivity contribution is -0.917. The minimum absolute atomic E-state index is 0.114. The minimum Gasteiger partial charge on any atom is -0.474 e. The molecule has 0 radical (unpaired) electrons. The van der Waals surface area contributed by atoms with Gasteiger partial charge in [0.2, 0.25) is 0 Å². The van der Waals surface area contributed by atoms with Gasteiger partial charge in [0.1, 0.15) is 6.54 Å². The van der Waals surface area contributed by atoms with E-state index < -0.39 is 11.0 Å². The van der Waals surface area contributed by atoms with Crippen LogP contribution in [-0.4, -0.2) is 48.0 Å². The molecule has 1 fully saturated rings. The second kappa shape index (κ2) is 8.84. The van der Waals surface area contributed by atoms with Crippen molar-refractivity contribution < 1.29 is 19.4 Å². The average Bonchev–Trinajstić information content (AvgIpc) is 2.70. The van der Waals surface area contributed by atoms with Gasteiger partial charge in [-0.3, -0.25) is 14.9 Å². The van der Waals surface area contributed by atoms with E-state index in [9.17, 15) is 14.9 Å². The molecule has 28 heavy (non-hydrogen) atoms. The summed E-state index contributed by atoms with van der Waals surface area (Å²) in [7, 11) is 0. The van der Waals surface area contributed by atoms with Gasteiger partial charge in [-0.05, 0) is 25.5 Å².